The number of anilines is 2. The van der Waals surface area contributed by atoms with Gasteiger partial charge in [-0.25, -0.2) is 4.39 Å². The van der Waals surface area contributed by atoms with E-state index < -0.39 is 11.9 Å². The molecule has 0 unspecified atom stereocenters. The fourth-order valence-corrected chi connectivity index (χ4v) is 14.2. The molecule has 8 heterocycles. The molecule has 20 heteroatoms. The van der Waals surface area contributed by atoms with Crippen molar-refractivity contribution in [3.05, 3.63) is 93.6 Å². The van der Waals surface area contributed by atoms with Crippen LogP contribution in [0.4, 0.5) is 15.9 Å². The number of piperazine rings is 1. The quantitative estimate of drug-likeness (QED) is 0.109. The predicted octanol–water partition coefficient (Wildman–Crippen LogP) is 7.45. The Kier molecular flexibility index (Phi) is 13.5. The molecule has 2 aliphatic carbocycles. The van der Waals surface area contributed by atoms with Gasteiger partial charge in [0.2, 0.25) is 11.8 Å². The number of halogens is 2. The normalized spacial score (nSPS) is 21.2. The molecule has 80 heavy (non-hydrogen) atoms. The summed E-state index contributed by atoms with van der Waals surface area (Å²) in [5, 5.41) is 20.2. The lowest BCUT2D eigenvalue weighted by atomic mass is 9.57. The van der Waals surface area contributed by atoms with E-state index in [1.54, 1.807) is 42.0 Å². The number of hydrogen-bond donors (Lipinski definition) is 2. The second-order valence-electron chi connectivity index (χ2n) is 24.1. The first-order valence-electron chi connectivity index (χ1n) is 28.6. The van der Waals surface area contributed by atoms with Crippen LogP contribution in [0.1, 0.15) is 102 Å². The summed E-state index contributed by atoms with van der Waals surface area (Å²) in [6.07, 6.45) is 10.6. The summed E-state index contributed by atoms with van der Waals surface area (Å²) in [6.45, 7) is 12.2. The van der Waals surface area contributed by atoms with E-state index in [0.29, 0.717) is 84.9 Å². The zero-order chi connectivity index (χ0) is 55.2. The molecule has 3 aromatic carbocycles. The molecule has 1 spiro atoms. The molecule has 2 saturated carbocycles. The van der Waals surface area contributed by atoms with Crippen molar-refractivity contribution in [2.75, 3.05) is 89.4 Å². The third kappa shape index (κ3) is 9.65. The van der Waals surface area contributed by atoms with Gasteiger partial charge in [-0.05, 0) is 134 Å². The lowest BCUT2D eigenvalue weighted by molar-refractivity contribution is -0.136. The van der Waals surface area contributed by atoms with Crippen LogP contribution in [0, 0.1) is 22.6 Å². The SMILES string of the molecule is CCc1cccc2cc(O)cc(-c3ncc4c(N5CCCn6nc(C(=O)N(C)C)c(Cl)c6C5)nc(OCC5(CN6CCC7(CC6)CC(CN6CCN(c8ccc9c(c8)CN([C@H]8CCC(=O)NC8=O)C9=O)CC6)C7)CC5)nc4c3F)c12. The fourth-order valence-electron chi connectivity index (χ4n) is 13.9. The average Bonchev–Trinajstić information content (AvgIpc) is 4.15. The number of aromatic nitrogens is 5. The van der Waals surface area contributed by atoms with Gasteiger partial charge in [0.05, 0.1) is 29.3 Å². The van der Waals surface area contributed by atoms with Crippen LogP contribution < -0.4 is 19.9 Å². The third-order valence-electron chi connectivity index (χ3n) is 18.5. The van der Waals surface area contributed by atoms with Gasteiger partial charge in [0.15, 0.2) is 11.5 Å². The van der Waals surface area contributed by atoms with Crippen LogP contribution in [0.25, 0.3) is 32.9 Å². The Balaban J connectivity index is 0.654. The van der Waals surface area contributed by atoms with Gasteiger partial charge in [-0.1, -0.05) is 36.7 Å². The minimum Gasteiger partial charge on any atom is -0.508 e. The second-order valence-corrected chi connectivity index (χ2v) is 24.4. The molecule has 5 aliphatic heterocycles. The van der Waals surface area contributed by atoms with E-state index in [9.17, 15) is 24.3 Å². The summed E-state index contributed by atoms with van der Waals surface area (Å²) in [7, 11) is 3.33. The molecule has 3 aromatic heterocycles. The first-order valence-corrected chi connectivity index (χ1v) is 29.0. The summed E-state index contributed by atoms with van der Waals surface area (Å²) >= 11 is 6.93. The molecule has 5 fully saturated rings. The number of aromatic hydroxyl groups is 1. The average molecular weight is 1110 g/mol. The zero-order valence-electron chi connectivity index (χ0n) is 45.8. The van der Waals surface area contributed by atoms with E-state index in [1.165, 1.54) is 30.6 Å². The van der Waals surface area contributed by atoms with Gasteiger partial charge in [-0.15, -0.1) is 0 Å². The number of hydrogen-bond acceptors (Lipinski definition) is 14. The minimum absolute atomic E-state index is 0.0109. The Labute approximate surface area is 469 Å². The molecule has 418 valence electrons. The van der Waals surface area contributed by atoms with Crippen molar-refractivity contribution in [2.45, 2.75) is 96.8 Å². The van der Waals surface area contributed by atoms with E-state index in [-0.39, 0.29) is 75.7 Å². The highest BCUT2D eigenvalue weighted by Gasteiger charge is 2.50. The van der Waals surface area contributed by atoms with Gasteiger partial charge in [-0.2, -0.15) is 15.1 Å². The van der Waals surface area contributed by atoms with Crippen LogP contribution in [0.5, 0.6) is 11.8 Å². The molecule has 13 rings (SSSR count). The number of benzene rings is 3. The molecular formula is C60H68ClFN12O6. The minimum atomic E-state index is -0.634. The Morgan fingerprint density at radius 1 is 0.912 bits per heavy atom. The number of amides is 4. The van der Waals surface area contributed by atoms with Gasteiger partial charge in [0.25, 0.3) is 11.8 Å². The zero-order valence-corrected chi connectivity index (χ0v) is 46.5. The second kappa shape index (κ2) is 20.5. The lowest BCUT2D eigenvalue weighted by Crippen LogP contribution is -2.53. The van der Waals surface area contributed by atoms with Gasteiger partial charge in [-0.3, -0.25) is 39.1 Å². The molecule has 6 aromatic rings. The molecule has 3 saturated heterocycles. The number of phenols is 1. The maximum Gasteiger partial charge on any atom is 0.319 e. The van der Waals surface area contributed by atoms with Crippen molar-refractivity contribution >= 4 is 68.4 Å². The summed E-state index contributed by atoms with van der Waals surface area (Å²) in [5.41, 5.74) is 5.53. The third-order valence-corrected chi connectivity index (χ3v) is 18.9. The highest BCUT2D eigenvalue weighted by Crippen LogP contribution is 2.54. The van der Waals surface area contributed by atoms with Crippen LogP contribution in [0.15, 0.2) is 54.7 Å². The number of pyridine rings is 1. The summed E-state index contributed by atoms with van der Waals surface area (Å²) in [5.74, 6) is -0.566. The number of likely N-dealkylation sites (tertiary alicyclic amines) is 1. The standard InChI is InChI=1S/C60H68ClFN12O6/c1-4-37-7-5-8-38-26-41(75)27-43(48(37)38)51-50(62)52-44(30-63-51)54(72-17-6-18-74-46(33-72)49(61)53(67-74)57(79)68(2)3)66-58(65-52)80-35-60(13-14-60)34-70-19-15-59(16-20-70)28-36(29-59)31-69-21-23-71(24-22-69)40-9-10-42-39(25-40)32-73(56(42)78)45-11-12-47(76)64-55(45)77/h5,7-10,25-27,30,36,45,75H,4,6,11-24,28-29,31-35H2,1-3H3,(H,64,76,77)/t45-/m0/s1. The van der Waals surface area contributed by atoms with Gasteiger partial charge in [0.1, 0.15) is 28.8 Å². The number of rotatable bonds is 13. The number of nitrogens with one attached hydrogen (secondary N) is 1. The van der Waals surface area contributed by atoms with Crippen molar-refractivity contribution in [1.82, 2.24) is 49.6 Å². The molecule has 18 nitrogen and oxygen atoms in total. The number of carbonyl (C=O) groups is 4. The first-order chi connectivity index (χ1) is 38.6. The van der Waals surface area contributed by atoms with Crippen LogP contribution in [0.3, 0.4) is 0 Å². The number of nitrogens with zero attached hydrogens (tertiary/aromatic N) is 11. The summed E-state index contributed by atoms with van der Waals surface area (Å²) in [4.78, 5) is 78.0. The predicted molar refractivity (Wildman–Crippen MR) is 301 cm³/mol. The molecule has 7 aliphatic rings. The molecule has 4 amide bonds. The number of carbonyl (C=O) groups excluding carboxylic acids is 4. The highest BCUT2D eigenvalue weighted by molar-refractivity contribution is 6.34. The number of imide groups is 1. The molecular weight excluding hydrogens is 1040 g/mol. The van der Waals surface area contributed by atoms with Crippen LogP contribution in [-0.2, 0) is 35.6 Å². The summed E-state index contributed by atoms with van der Waals surface area (Å²) in [6, 6.07) is 14.6. The van der Waals surface area contributed by atoms with Crippen LogP contribution in [-0.4, -0.2) is 159 Å². The molecule has 2 N–H and O–H groups in total. The Hall–Kier alpha value is -6.96. The Morgan fingerprint density at radius 2 is 1.71 bits per heavy atom. The number of fused-ring (bicyclic) bond motifs is 4. The molecule has 0 radical (unpaired) electrons. The number of aryl methyl sites for hydroxylation is 2. The van der Waals surface area contributed by atoms with Crippen LogP contribution >= 0.6 is 11.6 Å². The van der Waals surface area contributed by atoms with Crippen molar-refractivity contribution in [3.8, 4) is 23.0 Å². The van der Waals surface area contributed by atoms with Crippen molar-refractivity contribution in [2.24, 2.45) is 16.7 Å². The molecule has 0 bridgehead atoms. The van der Waals surface area contributed by atoms with E-state index in [1.807, 2.05) is 35.2 Å². The maximum atomic E-state index is 17.5. The largest absolute Gasteiger partial charge is 0.508 e. The van der Waals surface area contributed by atoms with Crippen LogP contribution in [0.2, 0.25) is 5.02 Å². The number of piperidine rings is 2. The fraction of sp³-hybridized carbons (Fsp3) is 0.500. The van der Waals surface area contributed by atoms with E-state index >= 15 is 4.39 Å². The number of phenolic OH excluding ortho intramolecular Hbond substituents is 1. The number of ether oxygens (including phenoxy) is 1. The van der Waals surface area contributed by atoms with Crippen molar-refractivity contribution in [1.29, 1.82) is 0 Å². The Morgan fingerprint density at radius 3 is 2.46 bits per heavy atom. The van der Waals surface area contributed by atoms with Gasteiger partial charge in [0, 0.05) is 108 Å². The monoisotopic (exact) mass is 1110 g/mol. The van der Waals surface area contributed by atoms with Crippen molar-refractivity contribution < 1.29 is 33.4 Å². The van der Waals surface area contributed by atoms with E-state index in [2.05, 4.69) is 38.1 Å². The topological polar surface area (TPSA) is 186 Å². The Bertz CT molecular complexity index is 3490. The molecule has 1 atom stereocenters. The highest BCUT2D eigenvalue weighted by atomic mass is 35.5. The maximum absolute atomic E-state index is 17.5. The van der Waals surface area contributed by atoms with Gasteiger partial charge >= 0.3 is 6.01 Å². The summed E-state index contributed by atoms with van der Waals surface area (Å²) < 4.78 is 25.9. The van der Waals surface area contributed by atoms with E-state index in [4.69, 9.17) is 31.3 Å². The van der Waals surface area contributed by atoms with Crippen molar-refractivity contribution in [3.63, 3.8) is 0 Å². The first kappa shape index (κ1) is 52.4. The van der Waals surface area contributed by atoms with E-state index in [0.717, 1.165) is 92.8 Å². The lowest BCUT2D eigenvalue weighted by Gasteiger charge is -2.54. The van der Waals surface area contributed by atoms with Gasteiger partial charge < -0.3 is 34.3 Å². The smallest absolute Gasteiger partial charge is 0.319 e.